The second-order valence-corrected chi connectivity index (χ2v) is 1.56. The summed E-state index contributed by atoms with van der Waals surface area (Å²) >= 11 is 0. The van der Waals surface area contributed by atoms with E-state index in [1.165, 1.54) is 0 Å². The fraction of sp³-hybridized carbons (Fsp3) is 0.750. The third-order valence-electron chi connectivity index (χ3n) is 0.687. The molecule has 6 heteroatoms. The van der Waals surface area contributed by atoms with Gasteiger partial charge in [-0.25, -0.2) is 8.78 Å². The van der Waals surface area contributed by atoms with Crippen molar-refractivity contribution in [3.8, 4) is 0 Å². The van der Waals surface area contributed by atoms with E-state index >= 15 is 0 Å². The Morgan fingerprint density at radius 1 is 1.20 bits per heavy atom. The molecule has 1 radical (unpaired) electrons. The Balaban J connectivity index is 3.87. The van der Waals surface area contributed by atoms with Crippen molar-refractivity contribution in [2.24, 2.45) is 0 Å². The number of hydrogen-bond acceptors (Lipinski definition) is 0. The SMILES string of the molecule is F[C](F)C(F)(F)CC(F)F. The molecule has 0 unspecified atom stereocenters. The maximum absolute atomic E-state index is 11.5. The highest BCUT2D eigenvalue weighted by molar-refractivity contribution is 4.83. The van der Waals surface area contributed by atoms with Crippen molar-refractivity contribution in [3.05, 3.63) is 6.43 Å². The van der Waals surface area contributed by atoms with Crippen molar-refractivity contribution in [2.75, 3.05) is 0 Å². The normalized spacial score (nSPS) is 13.2. The molecule has 0 saturated heterocycles. The highest BCUT2D eigenvalue weighted by atomic mass is 19.3. The van der Waals surface area contributed by atoms with Gasteiger partial charge in [0, 0.05) is 0 Å². The summed E-state index contributed by atoms with van der Waals surface area (Å²) in [6, 6.07) is 0. The molecule has 61 valence electrons. The highest BCUT2D eigenvalue weighted by Crippen LogP contribution is 2.34. The molecule has 0 aliphatic heterocycles. The number of halogens is 6. The van der Waals surface area contributed by atoms with E-state index in [1.807, 2.05) is 0 Å². The third-order valence-corrected chi connectivity index (χ3v) is 0.687. The van der Waals surface area contributed by atoms with Crippen LogP contribution >= 0.6 is 0 Å². The summed E-state index contributed by atoms with van der Waals surface area (Å²) in [4.78, 5) is 0. The van der Waals surface area contributed by atoms with E-state index in [-0.39, 0.29) is 0 Å². The van der Waals surface area contributed by atoms with Gasteiger partial charge in [0.2, 0.25) is 6.43 Å². The molecule has 0 atom stereocenters. The summed E-state index contributed by atoms with van der Waals surface area (Å²) in [6.45, 7) is 0. The molecule has 0 fully saturated rings. The molecule has 0 rings (SSSR count). The summed E-state index contributed by atoms with van der Waals surface area (Å²) in [5.74, 6) is -4.64. The van der Waals surface area contributed by atoms with Crippen molar-refractivity contribution in [1.82, 2.24) is 0 Å². The van der Waals surface area contributed by atoms with Crippen LogP contribution in [0.25, 0.3) is 0 Å². The Hall–Kier alpha value is -0.420. The van der Waals surface area contributed by atoms with Crippen molar-refractivity contribution >= 4 is 0 Å². The van der Waals surface area contributed by atoms with Crippen LogP contribution < -0.4 is 0 Å². The van der Waals surface area contributed by atoms with E-state index in [0.717, 1.165) is 0 Å². The van der Waals surface area contributed by atoms with Crippen LogP contribution in [0.5, 0.6) is 0 Å². The van der Waals surface area contributed by atoms with Crippen molar-refractivity contribution in [3.63, 3.8) is 0 Å². The Morgan fingerprint density at radius 3 is 1.70 bits per heavy atom. The smallest absolute Gasteiger partial charge is 0.210 e. The fourth-order valence-electron chi connectivity index (χ4n) is 0.271. The van der Waals surface area contributed by atoms with Gasteiger partial charge in [0.15, 0.2) is 0 Å². The zero-order valence-electron chi connectivity index (χ0n) is 4.55. The standard InChI is InChI=1S/C4H3F6/c5-2(6)1-4(9,10)3(7)8/h2H,1H2. The summed E-state index contributed by atoms with van der Waals surface area (Å²) < 4.78 is 67.2. The predicted octanol–water partition coefficient (Wildman–Crippen LogP) is 2.71. The van der Waals surface area contributed by atoms with Crippen LogP contribution in [-0.2, 0) is 0 Å². The number of rotatable bonds is 3. The Labute approximate surface area is 52.8 Å². The van der Waals surface area contributed by atoms with Crippen LogP contribution in [0.1, 0.15) is 6.42 Å². The second kappa shape index (κ2) is 3.12. The molecule has 0 nitrogen and oxygen atoms in total. The first-order chi connectivity index (χ1) is 4.36. The molecule has 10 heavy (non-hydrogen) atoms. The summed E-state index contributed by atoms with van der Waals surface area (Å²) in [7, 11) is 0. The lowest BCUT2D eigenvalue weighted by atomic mass is 10.2. The molecule has 0 bridgehead atoms. The van der Waals surface area contributed by atoms with Gasteiger partial charge < -0.3 is 0 Å². The molecule has 0 saturated carbocycles. The maximum atomic E-state index is 11.5. The van der Waals surface area contributed by atoms with Crippen LogP contribution in [0.2, 0.25) is 0 Å². The number of hydrogen-bond donors (Lipinski definition) is 0. The zero-order valence-corrected chi connectivity index (χ0v) is 4.55. The molecule has 0 amide bonds. The molecule has 0 heterocycles. The number of alkyl halides is 4. The summed E-state index contributed by atoms with van der Waals surface area (Å²) in [5, 5.41) is 0. The molecule has 0 aromatic carbocycles. The van der Waals surface area contributed by atoms with Crippen molar-refractivity contribution in [2.45, 2.75) is 18.8 Å². The average molecular weight is 165 g/mol. The van der Waals surface area contributed by atoms with Gasteiger partial charge in [-0.2, -0.15) is 17.6 Å². The van der Waals surface area contributed by atoms with Gasteiger partial charge >= 0.3 is 12.3 Å². The zero-order chi connectivity index (χ0) is 8.36. The molecule has 0 spiro atoms. The van der Waals surface area contributed by atoms with E-state index in [4.69, 9.17) is 0 Å². The first kappa shape index (κ1) is 9.58. The molecule has 0 aliphatic rings. The van der Waals surface area contributed by atoms with Crippen LogP contribution in [0.15, 0.2) is 0 Å². The van der Waals surface area contributed by atoms with Gasteiger partial charge in [0.05, 0.1) is 6.42 Å². The van der Waals surface area contributed by atoms with Gasteiger partial charge in [-0.15, -0.1) is 0 Å². The second-order valence-electron chi connectivity index (χ2n) is 1.56. The monoisotopic (exact) mass is 165 g/mol. The van der Waals surface area contributed by atoms with E-state index in [1.54, 1.807) is 0 Å². The molecule has 0 aliphatic carbocycles. The van der Waals surface area contributed by atoms with Gasteiger partial charge in [0.1, 0.15) is 0 Å². The Bertz CT molecular complexity index is 97.9. The topological polar surface area (TPSA) is 0 Å². The average Bonchev–Trinajstić information content (AvgIpc) is 1.60. The van der Waals surface area contributed by atoms with E-state index < -0.39 is 25.2 Å². The highest BCUT2D eigenvalue weighted by Gasteiger charge is 2.45. The lowest BCUT2D eigenvalue weighted by Crippen LogP contribution is -2.23. The minimum absolute atomic E-state index is 2.12. The molecule has 0 N–H and O–H groups in total. The first-order valence-electron chi connectivity index (χ1n) is 2.20. The Morgan fingerprint density at radius 2 is 1.60 bits per heavy atom. The van der Waals surface area contributed by atoms with Crippen LogP contribution in [0, 0.1) is 6.43 Å². The minimum atomic E-state index is -4.64. The largest absolute Gasteiger partial charge is 0.378 e. The van der Waals surface area contributed by atoms with Crippen LogP contribution in [-0.4, -0.2) is 12.3 Å². The van der Waals surface area contributed by atoms with Crippen LogP contribution in [0.4, 0.5) is 26.3 Å². The van der Waals surface area contributed by atoms with Gasteiger partial charge in [-0.1, -0.05) is 0 Å². The Kier molecular flexibility index (Phi) is 2.98. The van der Waals surface area contributed by atoms with E-state index in [2.05, 4.69) is 0 Å². The minimum Gasteiger partial charge on any atom is -0.210 e. The molecular formula is C4H3F6. The maximum Gasteiger partial charge on any atom is 0.378 e. The quantitative estimate of drug-likeness (QED) is 0.564. The molecule has 0 aromatic rings. The molecular weight excluding hydrogens is 162 g/mol. The first-order valence-corrected chi connectivity index (χ1v) is 2.20. The fourth-order valence-corrected chi connectivity index (χ4v) is 0.271. The lowest BCUT2D eigenvalue weighted by molar-refractivity contribution is -0.0958. The summed E-state index contributed by atoms with van der Waals surface area (Å²) in [6.07, 6.45) is -8.81. The van der Waals surface area contributed by atoms with Crippen molar-refractivity contribution in [1.29, 1.82) is 0 Å². The lowest BCUT2D eigenvalue weighted by Gasteiger charge is -2.11. The van der Waals surface area contributed by atoms with Gasteiger partial charge in [-0.3, -0.25) is 0 Å². The summed E-state index contributed by atoms with van der Waals surface area (Å²) in [5.41, 5.74) is 0. The van der Waals surface area contributed by atoms with Crippen molar-refractivity contribution < 1.29 is 26.3 Å². The van der Waals surface area contributed by atoms with E-state index in [9.17, 15) is 26.3 Å². The van der Waals surface area contributed by atoms with Crippen LogP contribution in [0.3, 0.4) is 0 Å². The molecule has 0 aromatic heterocycles. The van der Waals surface area contributed by atoms with Gasteiger partial charge in [0.25, 0.3) is 0 Å². The van der Waals surface area contributed by atoms with E-state index in [0.29, 0.717) is 0 Å². The third kappa shape index (κ3) is 2.93. The van der Waals surface area contributed by atoms with Gasteiger partial charge in [-0.05, 0) is 0 Å². The predicted molar refractivity (Wildman–Crippen MR) is 21.0 cm³/mol.